The van der Waals surface area contributed by atoms with Crippen molar-refractivity contribution in [3.8, 4) is 0 Å². The van der Waals surface area contributed by atoms with Crippen LogP contribution in [0.15, 0.2) is 54.2 Å². The maximum absolute atomic E-state index is 12.8. The number of rotatable bonds is 3. The second kappa shape index (κ2) is 8.71. The smallest absolute Gasteiger partial charge is 0.399 e. The van der Waals surface area contributed by atoms with Crippen LogP contribution >= 0.6 is 23.4 Å². The highest BCUT2D eigenvalue weighted by Gasteiger charge is 2.33. The molecule has 3 rings (SSSR count). The summed E-state index contributed by atoms with van der Waals surface area (Å²) in [6.07, 6.45) is -3.00. The SMILES string of the molecule is CC1=C(c2ccc(N)cc2)SC(C(=O)c2cccc(C(F)(F)F)c2)N1.CCl. The minimum atomic E-state index is -4.48. The van der Waals surface area contributed by atoms with Crippen LogP contribution in [0.5, 0.6) is 0 Å². The molecular formula is C19H18ClF3N2OS. The maximum atomic E-state index is 12.8. The number of anilines is 1. The molecule has 144 valence electrons. The molecule has 0 saturated heterocycles. The minimum Gasteiger partial charge on any atom is -0.399 e. The number of ketones is 1. The maximum Gasteiger partial charge on any atom is 0.416 e. The second-order valence-corrected chi connectivity index (χ2v) is 6.78. The lowest BCUT2D eigenvalue weighted by Gasteiger charge is -2.12. The van der Waals surface area contributed by atoms with Gasteiger partial charge in [0.25, 0.3) is 0 Å². The number of nitrogen functional groups attached to an aromatic ring is 1. The number of Topliss-reactive ketones (excluding diaryl/α,β-unsaturated/α-hetero) is 1. The van der Waals surface area contributed by atoms with Gasteiger partial charge in [-0.25, -0.2) is 0 Å². The van der Waals surface area contributed by atoms with E-state index in [0.29, 0.717) is 5.69 Å². The summed E-state index contributed by atoms with van der Waals surface area (Å²) in [5.41, 5.74) is 7.23. The molecule has 2 aromatic rings. The highest BCUT2D eigenvalue weighted by Crippen LogP contribution is 2.39. The minimum absolute atomic E-state index is 0.0335. The third-order valence-corrected chi connectivity index (χ3v) is 5.15. The number of nitrogens with one attached hydrogen (secondary N) is 1. The standard InChI is InChI=1S/C18H15F3N2OS.CH3Cl/c1-10-16(11-5-7-14(22)8-6-11)25-17(23-10)15(24)12-3-2-4-13(9-12)18(19,20)21;1-2/h2-9,17,23H,22H2,1H3;1H3. The van der Waals surface area contributed by atoms with Gasteiger partial charge >= 0.3 is 6.18 Å². The number of allylic oxidation sites excluding steroid dienone is 1. The Morgan fingerprint density at radius 2 is 1.78 bits per heavy atom. The summed E-state index contributed by atoms with van der Waals surface area (Å²) in [6.45, 7) is 1.83. The van der Waals surface area contributed by atoms with Crippen molar-refractivity contribution in [1.29, 1.82) is 0 Å². The number of carbonyl (C=O) groups excluding carboxylic acids is 1. The summed E-state index contributed by atoms with van der Waals surface area (Å²) in [5, 5.41) is 2.40. The zero-order chi connectivity index (χ0) is 20.2. The van der Waals surface area contributed by atoms with Crippen LogP contribution in [0.4, 0.5) is 18.9 Å². The normalized spacial score (nSPS) is 16.4. The van der Waals surface area contributed by atoms with E-state index in [0.717, 1.165) is 28.3 Å². The molecule has 3 nitrogen and oxygen atoms in total. The summed E-state index contributed by atoms with van der Waals surface area (Å²) in [4.78, 5) is 13.5. The van der Waals surface area contributed by atoms with E-state index in [-0.39, 0.29) is 11.3 Å². The molecule has 3 N–H and O–H groups in total. The fourth-order valence-electron chi connectivity index (χ4n) is 2.54. The Kier molecular flexibility index (Phi) is 6.84. The first-order valence-corrected chi connectivity index (χ1v) is 9.48. The Morgan fingerprint density at radius 1 is 1.15 bits per heavy atom. The van der Waals surface area contributed by atoms with E-state index >= 15 is 0 Å². The van der Waals surface area contributed by atoms with E-state index < -0.39 is 17.1 Å². The number of carbonyl (C=O) groups is 1. The fourth-order valence-corrected chi connectivity index (χ4v) is 3.76. The molecule has 0 radical (unpaired) electrons. The molecule has 0 saturated carbocycles. The molecule has 0 aromatic heterocycles. The van der Waals surface area contributed by atoms with E-state index in [9.17, 15) is 18.0 Å². The number of halogens is 4. The van der Waals surface area contributed by atoms with Gasteiger partial charge in [-0.15, -0.1) is 11.6 Å². The van der Waals surface area contributed by atoms with Gasteiger partial charge < -0.3 is 11.1 Å². The van der Waals surface area contributed by atoms with Gasteiger partial charge in [0.15, 0.2) is 5.78 Å². The topological polar surface area (TPSA) is 55.1 Å². The number of nitrogens with two attached hydrogens (primary N) is 1. The van der Waals surface area contributed by atoms with Crippen molar-refractivity contribution in [2.75, 3.05) is 12.1 Å². The van der Waals surface area contributed by atoms with E-state index in [1.54, 1.807) is 12.1 Å². The largest absolute Gasteiger partial charge is 0.416 e. The molecule has 1 aliphatic heterocycles. The molecule has 0 fully saturated rings. The number of alkyl halides is 4. The van der Waals surface area contributed by atoms with Crippen LogP contribution in [0.3, 0.4) is 0 Å². The molecule has 0 aliphatic carbocycles. The molecular weight excluding hydrogens is 397 g/mol. The molecule has 1 unspecified atom stereocenters. The second-order valence-electron chi connectivity index (χ2n) is 5.66. The van der Waals surface area contributed by atoms with Gasteiger partial charge in [-0.3, -0.25) is 4.79 Å². The predicted octanol–water partition coefficient (Wildman–Crippen LogP) is 5.38. The molecule has 1 heterocycles. The van der Waals surface area contributed by atoms with Crippen LogP contribution in [0.25, 0.3) is 4.91 Å². The first-order chi connectivity index (χ1) is 12.8. The van der Waals surface area contributed by atoms with Crippen LogP contribution in [-0.2, 0) is 6.18 Å². The summed E-state index contributed by atoms with van der Waals surface area (Å²) < 4.78 is 38.5. The van der Waals surface area contributed by atoms with E-state index in [1.165, 1.54) is 30.3 Å². The summed E-state index contributed by atoms with van der Waals surface area (Å²) in [5.74, 6) is -0.388. The van der Waals surface area contributed by atoms with Crippen LogP contribution in [-0.4, -0.2) is 17.5 Å². The van der Waals surface area contributed by atoms with Gasteiger partial charge in [0.2, 0.25) is 0 Å². The zero-order valence-corrected chi connectivity index (χ0v) is 16.2. The van der Waals surface area contributed by atoms with Gasteiger partial charge in [-0.1, -0.05) is 36.0 Å². The Balaban J connectivity index is 0.00000126. The lowest BCUT2D eigenvalue weighted by molar-refractivity contribution is -0.137. The van der Waals surface area contributed by atoms with Crippen molar-refractivity contribution in [2.24, 2.45) is 0 Å². The van der Waals surface area contributed by atoms with Crippen molar-refractivity contribution in [3.05, 3.63) is 70.9 Å². The van der Waals surface area contributed by atoms with Gasteiger partial charge in [0, 0.05) is 28.2 Å². The quantitative estimate of drug-likeness (QED) is 0.402. The van der Waals surface area contributed by atoms with E-state index in [2.05, 4.69) is 16.9 Å². The molecule has 0 amide bonds. The highest BCUT2D eigenvalue weighted by molar-refractivity contribution is 8.09. The van der Waals surface area contributed by atoms with E-state index in [1.807, 2.05) is 19.1 Å². The van der Waals surface area contributed by atoms with Gasteiger partial charge in [0.05, 0.1) is 5.56 Å². The number of hydrogen-bond acceptors (Lipinski definition) is 4. The average molecular weight is 415 g/mol. The Morgan fingerprint density at radius 3 is 2.37 bits per heavy atom. The highest BCUT2D eigenvalue weighted by atomic mass is 35.5. The lowest BCUT2D eigenvalue weighted by atomic mass is 10.1. The van der Waals surface area contributed by atoms with E-state index in [4.69, 9.17) is 5.73 Å². The zero-order valence-electron chi connectivity index (χ0n) is 14.6. The molecule has 27 heavy (non-hydrogen) atoms. The van der Waals surface area contributed by atoms with Crippen molar-refractivity contribution >= 4 is 39.7 Å². The van der Waals surface area contributed by atoms with Crippen molar-refractivity contribution in [3.63, 3.8) is 0 Å². The van der Waals surface area contributed by atoms with Crippen LogP contribution in [0.1, 0.15) is 28.4 Å². The Hall–Kier alpha value is -2.12. The number of hydrogen-bond donors (Lipinski definition) is 2. The molecule has 0 spiro atoms. The fraction of sp³-hybridized carbons (Fsp3) is 0.211. The van der Waals surface area contributed by atoms with Crippen molar-refractivity contribution in [1.82, 2.24) is 5.32 Å². The molecule has 1 aliphatic rings. The van der Waals surface area contributed by atoms with Crippen molar-refractivity contribution < 1.29 is 18.0 Å². The first kappa shape index (κ1) is 21.2. The van der Waals surface area contributed by atoms with Crippen LogP contribution in [0, 0.1) is 0 Å². The summed E-state index contributed by atoms with van der Waals surface area (Å²) in [7, 11) is 0. The Labute approximate surface area is 164 Å². The van der Waals surface area contributed by atoms with Gasteiger partial charge in [0.1, 0.15) is 5.37 Å². The molecule has 8 heteroatoms. The van der Waals surface area contributed by atoms with Gasteiger partial charge in [-0.05, 0) is 36.8 Å². The summed E-state index contributed by atoms with van der Waals surface area (Å²) in [6, 6.07) is 11.7. The number of thioether (sulfide) groups is 1. The van der Waals surface area contributed by atoms with Gasteiger partial charge in [-0.2, -0.15) is 13.2 Å². The van der Waals surface area contributed by atoms with Crippen LogP contribution < -0.4 is 11.1 Å². The lowest BCUT2D eigenvalue weighted by Crippen LogP contribution is -2.29. The predicted molar refractivity (Wildman–Crippen MR) is 106 cm³/mol. The first-order valence-electron chi connectivity index (χ1n) is 7.85. The average Bonchev–Trinajstić information content (AvgIpc) is 3.04. The van der Waals surface area contributed by atoms with Crippen LogP contribution in [0.2, 0.25) is 0 Å². The molecule has 0 bridgehead atoms. The number of benzene rings is 2. The third-order valence-electron chi connectivity index (χ3n) is 3.81. The molecule has 2 aromatic carbocycles. The molecule has 1 atom stereocenters. The third kappa shape index (κ3) is 4.99. The summed E-state index contributed by atoms with van der Waals surface area (Å²) >= 11 is 5.93. The van der Waals surface area contributed by atoms with Crippen molar-refractivity contribution in [2.45, 2.75) is 18.5 Å². The Bertz CT molecular complexity index is 851. The monoisotopic (exact) mass is 414 g/mol.